The fourth-order valence-corrected chi connectivity index (χ4v) is 3.44. The molecule has 1 atom stereocenters. The molecule has 148 valence electrons. The average molecular weight is 380 g/mol. The standard InChI is InChI=1S/C22H28N4O2/c1-16(24-22(28)14-17-7-9-18(23)10-8-17)13-21(27)25-19-5-4-6-20(15-19)26-11-2-3-12-26/h4-10,15-16H,2-3,11-14,23H2,1H3,(H,24,28)(H,25,27). The zero-order valence-corrected chi connectivity index (χ0v) is 16.3. The van der Waals surface area contributed by atoms with Gasteiger partial charge in [0.1, 0.15) is 0 Å². The first kappa shape index (κ1) is 19.7. The van der Waals surface area contributed by atoms with E-state index in [-0.39, 0.29) is 30.7 Å². The Labute approximate surface area is 166 Å². The van der Waals surface area contributed by atoms with Crippen molar-refractivity contribution >= 4 is 28.9 Å². The van der Waals surface area contributed by atoms with Crippen LogP contribution in [0.4, 0.5) is 17.1 Å². The number of anilines is 3. The number of carbonyl (C=O) groups excluding carboxylic acids is 2. The molecule has 6 heteroatoms. The quantitative estimate of drug-likeness (QED) is 0.645. The van der Waals surface area contributed by atoms with E-state index in [1.165, 1.54) is 12.8 Å². The Hall–Kier alpha value is -3.02. The van der Waals surface area contributed by atoms with E-state index in [4.69, 9.17) is 5.73 Å². The monoisotopic (exact) mass is 380 g/mol. The number of rotatable bonds is 7. The van der Waals surface area contributed by atoms with Crippen molar-refractivity contribution in [1.29, 1.82) is 0 Å². The molecule has 0 bridgehead atoms. The number of carbonyl (C=O) groups is 2. The van der Waals surface area contributed by atoms with Crippen molar-refractivity contribution in [3.63, 3.8) is 0 Å². The first-order valence-corrected chi connectivity index (χ1v) is 9.78. The maximum Gasteiger partial charge on any atom is 0.226 e. The maximum absolute atomic E-state index is 12.3. The molecule has 0 aromatic heterocycles. The lowest BCUT2D eigenvalue weighted by molar-refractivity contribution is -0.121. The van der Waals surface area contributed by atoms with E-state index < -0.39 is 0 Å². The molecule has 2 aromatic rings. The Bertz CT molecular complexity index is 814. The Morgan fingerprint density at radius 2 is 1.79 bits per heavy atom. The summed E-state index contributed by atoms with van der Waals surface area (Å²) in [4.78, 5) is 26.8. The van der Waals surface area contributed by atoms with E-state index in [1.807, 2.05) is 37.3 Å². The Morgan fingerprint density at radius 1 is 1.07 bits per heavy atom. The van der Waals surface area contributed by atoms with Gasteiger partial charge in [-0.2, -0.15) is 0 Å². The van der Waals surface area contributed by atoms with Crippen LogP contribution in [0.2, 0.25) is 0 Å². The second-order valence-corrected chi connectivity index (χ2v) is 7.38. The van der Waals surface area contributed by atoms with Gasteiger partial charge in [0.15, 0.2) is 0 Å². The van der Waals surface area contributed by atoms with Crippen molar-refractivity contribution in [3.8, 4) is 0 Å². The number of nitrogens with zero attached hydrogens (tertiary/aromatic N) is 1. The van der Waals surface area contributed by atoms with Gasteiger partial charge >= 0.3 is 0 Å². The first-order chi connectivity index (χ1) is 13.5. The van der Waals surface area contributed by atoms with Crippen LogP contribution in [0, 0.1) is 0 Å². The fourth-order valence-electron chi connectivity index (χ4n) is 3.44. The first-order valence-electron chi connectivity index (χ1n) is 9.78. The van der Waals surface area contributed by atoms with Gasteiger partial charge in [0, 0.05) is 42.6 Å². The van der Waals surface area contributed by atoms with Crippen LogP contribution in [0.15, 0.2) is 48.5 Å². The molecule has 2 amide bonds. The van der Waals surface area contributed by atoms with E-state index in [0.717, 1.165) is 30.0 Å². The molecule has 0 spiro atoms. The van der Waals surface area contributed by atoms with Crippen LogP contribution in [0.5, 0.6) is 0 Å². The van der Waals surface area contributed by atoms with Gasteiger partial charge in [-0.05, 0) is 55.7 Å². The average Bonchev–Trinajstić information content (AvgIpc) is 3.18. The summed E-state index contributed by atoms with van der Waals surface area (Å²) < 4.78 is 0. The molecule has 6 nitrogen and oxygen atoms in total. The zero-order valence-electron chi connectivity index (χ0n) is 16.3. The third-order valence-electron chi connectivity index (χ3n) is 4.84. The molecule has 2 aromatic carbocycles. The molecule has 3 rings (SSSR count). The Morgan fingerprint density at radius 3 is 2.50 bits per heavy atom. The fraction of sp³-hybridized carbons (Fsp3) is 0.364. The van der Waals surface area contributed by atoms with Gasteiger partial charge in [-0.15, -0.1) is 0 Å². The van der Waals surface area contributed by atoms with Crippen molar-refractivity contribution in [1.82, 2.24) is 5.32 Å². The molecule has 28 heavy (non-hydrogen) atoms. The predicted octanol–water partition coefficient (Wildman–Crippen LogP) is 2.95. The number of nitrogens with one attached hydrogen (secondary N) is 2. The summed E-state index contributed by atoms with van der Waals surface area (Å²) in [5.74, 6) is -0.222. The van der Waals surface area contributed by atoms with Crippen LogP contribution in [0.3, 0.4) is 0 Å². The molecule has 1 aliphatic rings. The van der Waals surface area contributed by atoms with Crippen molar-refractivity contribution in [2.45, 2.75) is 38.6 Å². The van der Waals surface area contributed by atoms with E-state index in [1.54, 1.807) is 12.1 Å². The number of nitrogens with two attached hydrogens (primary N) is 1. The van der Waals surface area contributed by atoms with E-state index >= 15 is 0 Å². The van der Waals surface area contributed by atoms with Gasteiger partial charge in [-0.25, -0.2) is 0 Å². The molecule has 4 N–H and O–H groups in total. The van der Waals surface area contributed by atoms with Crippen molar-refractivity contribution < 1.29 is 9.59 Å². The Balaban J connectivity index is 1.46. The SMILES string of the molecule is CC(CC(=O)Nc1cccc(N2CCCC2)c1)NC(=O)Cc1ccc(N)cc1. The zero-order chi connectivity index (χ0) is 19.9. The number of hydrogen-bond acceptors (Lipinski definition) is 4. The highest BCUT2D eigenvalue weighted by Gasteiger charge is 2.15. The molecular formula is C22H28N4O2. The van der Waals surface area contributed by atoms with Gasteiger partial charge in [-0.1, -0.05) is 18.2 Å². The predicted molar refractivity (Wildman–Crippen MR) is 113 cm³/mol. The highest BCUT2D eigenvalue weighted by atomic mass is 16.2. The van der Waals surface area contributed by atoms with Gasteiger partial charge in [0.25, 0.3) is 0 Å². The number of nitrogen functional groups attached to an aromatic ring is 1. The van der Waals surface area contributed by atoms with E-state index in [2.05, 4.69) is 21.6 Å². The highest BCUT2D eigenvalue weighted by molar-refractivity contribution is 5.92. The normalized spacial score (nSPS) is 14.5. The second kappa shape index (κ2) is 9.26. The summed E-state index contributed by atoms with van der Waals surface area (Å²) in [5.41, 5.74) is 9.14. The molecule has 1 unspecified atom stereocenters. The van der Waals surface area contributed by atoms with Crippen LogP contribution in [0.1, 0.15) is 31.7 Å². The van der Waals surface area contributed by atoms with E-state index in [9.17, 15) is 9.59 Å². The topological polar surface area (TPSA) is 87.5 Å². The lowest BCUT2D eigenvalue weighted by atomic mass is 10.1. The second-order valence-electron chi connectivity index (χ2n) is 7.38. The van der Waals surface area contributed by atoms with Crippen LogP contribution in [-0.4, -0.2) is 30.9 Å². The lowest BCUT2D eigenvalue weighted by Crippen LogP contribution is -2.36. The smallest absolute Gasteiger partial charge is 0.226 e. The van der Waals surface area contributed by atoms with E-state index in [0.29, 0.717) is 5.69 Å². The van der Waals surface area contributed by atoms with Crippen LogP contribution in [0.25, 0.3) is 0 Å². The molecule has 0 radical (unpaired) electrons. The number of benzene rings is 2. The lowest BCUT2D eigenvalue weighted by Gasteiger charge is -2.19. The minimum absolute atomic E-state index is 0.110. The van der Waals surface area contributed by atoms with Crippen molar-refractivity contribution in [2.24, 2.45) is 0 Å². The molecule has 0 aliphatic carbocycles. The van der Waals surface area contributed by atoms with Crippen LogP contribution < -0.4 is 21.3 Å². The van der Waals surface area contributed by atoms with Crippen molar-refractivity contribution in [3.05, 3.63) is 54.1 Å². The highest BCUT2D eigenvalue weighted by Crippen LogP contribution is 2.23. The summed E-state index contributed by atoms with van der Waals surface area (Å²) in [6.45, 7) is 3.96. The summed E-state index contributed by atoms with van der Waals surface area (Å²) in [6, 6.07) is 14.9. The van der Waals surface area contributed by atoms with Gasteiger partial charge < -0.3 is 21.3 Å². The van der Waals surface area contributed by atoms with Crippen molar-refractivity contribution in [2.75, 3.05) is 29.0 Å². The van der Waals surface area contributed by atoms with Gasteiger partial charge in [0.05, 0.1) is 6.42 Å². The molecular weight excluding hydrogens is 352 g/mol. The summed E-state index contributed by atoms with van der Waals surface area (Å²) in [5, 5.41) is 5.81. The molecule has 1 aliphatic heterocycles. The maximum atomic E-state index is 12.3. The minimum Gasteiger partial charge on any atom is -0.399 e. The van der Waals surface area contributed by atoms with Crippen LogP contribution in [-0.2, 0) is 16.0 Å². The molecule has 0 saturated carbocycles. The van der Waals surface area contributed by atoms with Crippen LogP contribution >= 0.6 is 0 Å². The largest absolute Gasteiger partial charge is 0.399 e. The third kappa shape index (κ3) is 5.74. The van der Waals surface area contributed by atoms with Gasteiger partial charge in [-0.3, -0.25) is 9.59 Å². The Kier molecular flexibility index (Phi) is 6.53. The number of amides is 2. The minimum atomic E-state index is -0.247. The summed E-state index contributed by atoms with van der Waals surface area (Å²) in [6.07, 6.45) is 2.92. The van der Waals surface area contributed by atoms with Gasteiger partial charge in [0.2, 0.25) is 11.8 Å². The molecule has 1 fully saturated rings. The summed E-state index contributed by atoms with van der Waals surface area (Å²) in [7, 11) is 0. The summed E-state index contributed by atoms with van der Waals surface area (Å²) >= 11 is 0. The number of hydrogen-bond donors (Lipinski definition) is 3. The third-order valence-corrected chi connectivity index (χ3v) is 4.84. The molecule has 1 saturated heterocycles. The molecule has 1 heterocycles.